The molecule has 7 nitrogen and oxygen atoms in total. The Bertz CT molecular complexity index is 341. The quantitative estimate of drug-likeness (QED) is 0.628. The minimum absolute atomic E-state index is 0.0838. The van der Waals surface area contributed by atoms with Crippen LogP contribution in [0.25, 0.3) is 0 Å². The first-order valence-electron chi connectivity index (χ1n) is 4.96. The zero-order valence-electron chi connectivity index (χ0n) is 9.47. The highest BCUT2D eigenvalue weighted by atomic mass is 32.2. The number of carbonyl (C=O) groups is 1. The molecule has 0 bridgehead atoms. The zero-order chi connectivity index (χ0) is 12.2. The van der Waals surface area contributed by atoms with Crippen molar-refractivity contribution in [2.24, 2.45) is 0 Å². The molecule has 1 rings (SSSR count). The minimum Gasteiger partial charge on any atom is -0.370 e. The molecule has 0 unspecified atom stereocenters. The molecule has 1 fully saturated rings. The Kier molecular flexibility index (Phi) is 4.66. The van der Waals surface area contributed by atoms with Crippen molar-refractivity contribution in [2.75, 3.05) is 46.9 Å². The molecule has 1 aliphatic rings. The van der Waals surface area contributed by atoms with Crippen molar-refractivity contribution in [1.82, 2.24) is 13.9 Å². The van der Waals surface area contributed by atoms with Crippen LogP contribution in [0.5, 0.6) is 0 Å². The largest absolute Gasteiger partial charge is 0.370 e. The molecule has 1 amide bonds. The van der Waals surface area contributed by atoms with Crippen LogP contribution in [0.4, 0.5) is 0 Å². The smallest absolute Gasteiger partial charge is 0.278 e. The highest BCUT2D eigenvalue weighted by Gasteiger charge is 2.19. The van der Waals surface area contributed by atoms with Gasteiger partial charge in [0.25, 0.3) is 10.2 Å². The number of rotatable bonds is 5. The fraction of sp³-hybridized carbons (Fsp3) is 0.875. The summed E-state index contributed by atoms with van der Waals surface area (Å²) in [6.45, 7) is 1.69. The molecule has 0 radical (unpaired) electrons. The maximum Gasteiger partial charge on any atom is 0.278 e. The highest BCUT2D eigenvalue weighted by molar-refractivity contribution is 7.87. The van der Waals surface area contributed by atoms with Crippen LogP contribution in [0.2, 0.25) is 0 Å². The number of hydrogen-bond acceptors (Lipinski definition) is 4. The number of ether oxygens (including phenoxy) is 1. The van der Waals surface area contributed by atoms with Crippen molar-refractivity contribution in [2.45, 2.75) is 0 Å². The van der Waals surface area contributed by atoms with Gasteiger partial charge < -0.3 is 9.64 Å². The number of morpholine rings is 1. The Labute approximate surface area is 95.5 Å². The molecule has 0 aromatic carbocycles. The summed E-state index contributed by atoms with van der Waals surface area (Å²) in [5, 5.41) is 0. The molecular formula is C8H17N3O4S. The van der Waals surface area contributed by atoms with Gasteiger partial charge in [-0.3, -0.25) is 4.79 Å². The lowest BCUT2D eigenvalue weighted by Crippen LogP contribution is -2.46. The summed E-state index contributed by atoms with van der Waals surface area (Å²) in [5.74, 6) is -0.102. The highest BCUT2D eigenvalue weighted by Crippen LogP contribution is 1.97. The summed E-state index contributed by atoms with van der Waals surface area (Å²) in [4.78, 5) is 12.9. The van der Waals surface area contributed by atoms with Crippen LogP contribution in [0.1, 0.15) is 0 Å². The molecular weight excluding hydrogens is 234 g/mol. The second-order valence-corrected chi connectivity index (χ2v) is 5.58. The molecule has 0 aromatic rings. The predicted octanol–water partition coefficient (Wildman–Crippen LogP) is -1.76. The van der Waals surface area contributed by atoms with Crippen LogP contribution < -0.4 is 4.72 Å². The molecule has 94 valence electrons. The van der Waals surface area contributed by atoms with E-state index in [2.05, 4.69) is 4.72 Å². The molecule has 0 atom stereocenters. The molecule has 0 saturated carbocycles. The molecule has 0 aliphatic carbocycles. The lowest BCUT2D eigenvalue weighted by atomic mass is 10.4. The fourth-order valence-electron chi connectivity index (χ4n) is 1.23. The van der Waals surface area contributed by atoms with Gasteiger partial charge in [-0.1, -0.05) is 0 Å². The van der Waals surface area contributed by atoms with E-state index in [0.717, 1.165) is 4.31 Å². The number of amides is 1. The van der Waals surface area contributed by atoms with Gasteiger partial charge in [-0.25, -0.2) is 4.72 Å². The van der Waals surface area contributed by atoms with Crippen LogP contribution >= 0.6 is 0 Å². The van der Waals surface area contributed by atoms with Crippen molar-refractivity contribution >= 4 is 16.1 Å². The number of nitrogens with zero attached hydrogens (tertiary/aromatic N) is 2. The SMILES string of the molecule is CN(C)S(=O)(=O)NCCN1CCOCC1=O. The van der Waals surface area contributed by atoms with Crippen LogP contribution in [-0.2, 0) is 19.7 Å². The molecule has 1 N–H and O–H groups in total. The van der Waals surface area contributed by atoms with Crippen molar-refractivity contribution in [3.8, 4) is 0 Å². The third-order valence-corrected chi connectivity index (χ3v) is 3.76. The predicted molar refractivity (Wildman–Crippen MR) is 58.0 cm³/mol. The van der Waals surface area contributed by atoms with Crippen molar-refractivity contribution in [1.29, 1.82) is 0 Å². The van der Waals surface area contributed by atoms with Gasteiger partial charge in [-0.15, -0.1) is 0 Å². The first-order valence-corrected chi connectivity index (χ1v) is 6.40. The maximum absolute atomic E-state index is 11.3. The molecule has 8 heteroatoms. The Morgan fingerprint density at radius 1 is 1.50 bits per heavy atom. The third-order valence-electron chi connectivity index (χ3n) is 2.23. The van der Waals surface area contributed by atoms with Crippen molar-refractivity contribution < 1.29 is 17.9 Å². The van der Waals surface area contributed by atoms with Crippen LogP contribution in [0.3, 0.4) is 0 Å². The van der Waals surface area contributed by atoms with E-state index in [1.54, 1.807) is 4.90 Å². The molecule has 1 aliphatic heterocycles. The number of nitrogens with one attached hydrogen (secondary N) is 1. The van der Waals surface area contributed by atoms with E-state index in [1.165, 1.54) is 14.1 Å². The van der Waals surface area contributed by atoms with Gasteiger partial charge in [-0.2, -0.15) is 12.7 Å². The summed E-state index contributed by atoms with van der Waals surface area (Å²) in [6.07, 6.45) is 0. The normalized spacial score (nSPS) is 18.2. The summed E-state index contributed by atoms with van der Waals surface area (Å²) in [7, 11) is -0.509. The van der Waals surface area contributed by atoms with Gasteiger partial charge in [0.05, 0.1) is 6.61 Å². The molecule has 16 heavy (non-hydrogen) atoms. The molecule has 0 aromatic heterocycles. The maximum atomic E-state index is 11.3. The van der Waals surface area contributed by atoms with Crippen molar-refractivity contribution in [3.05, 3.63) is 0 Å². The van der Waals surface area contributed by atoms with E-state index < -0.39 is 10.2 Å². The van der Waals surface area contributed by atoms with Crippen LogP contribution in [-0.4, -0.2) is 70.5 Å². The summed E-state index contributed by atoms with van der Waals surface area (Å²) < 4.78 is 31.1. The fourth-order valence-corrected chi connectivity index (χ4v) is 1.83. The van der Waals surface area contributed by atoms with Gasteiger partial charge in [0.1, 0.15) is 6.61 Å². The van der Waals surface area contributed by atoms with E-state index in [1.807, 2.05) is 0 Å². The standard InChI is InChI=1S/C8H17N3O4S/c1-10(2)16(13,14)9-3-4-11-5-6-15-7-8(11)12/h9H,3-7H2,1-2H3. The van der Waals surface area contributed by atoms with Gasteiger partial charge >= 0.3 is 0 Å². The molecule has 1 heterocycles. The lowest BCUT2D eigenvalue weighted by Gasteiger charge is -2.26. The Morgan fingerprint density at radius 3 is 2.75 bits per heavy atom. The second-order valence-electron chi connectivity index (χ2n) is 3.62. The average molecular weight is 251 g/mol. The van der Waals surface area contributed by atoms with E-state index in [4.69, 9.17) is 4.74 Å². The Balaban J connectivity index is 2.32. The Hall–Kier alpha value is -0.700. The monoisotopic (exact) mass is 251 g/mol. The van der Waals surface area contributed by atoms with Gasteiger partial charge in [0.15, 0.2) is 0 Å². The zero-order valence-corrected chi connectivity index (χ0v) is 10.3. The van der Waals surface area contributed by atoms with Crippen LogP contribution in [0.15, 0.2) is 0 Å². The van der Waals surface area contributed by atoms with E-state index in [-0.39, 0.29) is 19.1 Å². The first-order chi connectivity index (χ1) is 7.43. The lowest BCUT2D eigenvalue weighted by molar-refractivity contribution is -0.142. The minimum atomic E-state index is -3.40. The van der Waals surface area contributed by atoms with E-state index >= 15 is 0 Å². The van der Waals surface area contributed by atoms with Gasteiger partial charge in [-0.05, 0) is 0 Å². The van der Waals surface area contributed by atoms with Crippen molar-refractivity contribution in [3.63, 3.8) is 0 Å². The summed E-state index contributed by atoms with van der Waals surface area (Å²) >= 11 is 0. The topological polar surface area (TPSA) is 79.0 Å². The number of carbonyl (C=O) groups excluding carboxylic acids is 1. The molecule has 1 saturated heterocycles. The average Bonchev–Trinajstić information content (AvgIpc) is 2.20. The van der Waals surface area contributed by atoms with E-state index in [9.17, 15) is 13.2 Å². The third kappa shape index (κ3) is 3.71. The Morgan fingerprint density at radius 2 is 2.19 bits per heavy atom. The van der Waals surface area contributed by atoms with Gasteiger partial charge in [0, 0.05) is 33.7 Å². The van der Waals surface area contributed by atoms with Crippen LogP contribution in [0, 0.1) is 0 Å². The second kappa shape index (κ2) is 5.58. The number of hydrogen-bond donors (Lipinski definition) is 1. The first kappa shape index (κ1) is 13.4. The van der Waals surface area contributed by atoms with Gasteiger partial charge in [0.2, 0.25) is 5.91 Å². The summed E-state index contributed by atoms with van der Waals surface area (Å²) in [5.41, 5.74) is 0. The molecule has 0 spiro atoms. The van der Waals surface area contributed by atoms with E-state index in [0.29, 0.717) is 19.7 Å². The summed E-state index contributed by atoms with van der Waals surface area (Å²) in [6, 6.07) is 0.